The van der Waals surface area contributed by atoms with Crippen molar-refractivity contribution in [1.29, 1.82) is 0 Å². The van der Waals surface area contributed by atoms with Crippen LogP contribution in [-0.4, -0.2) is 17.6 Å². The van der Waals surface area contributed by atoms with Crippen LogP contribution >= 0.6 is 22.9 Å². The Morgan fingerprint density at radius 2 is 1.94 bits per heavy atom. The summed E-state index contributed by atoms with van der Waals surface area (Å²) >= 11 is 7.60. The minimum absolute atomic E-state index is 0.0824. The summed E-state index contributed by atoms with van der Waals surface area (Å²) in [4.78, 5) is 29.4. The number of benzene rings is 2. The molecule has 0 bridgehead atoms. The van der Waals surface area contributed by atoms with Crippen LogP contribution in [0.15, 0.2) is 63.1 Å². The Kier molecular flexibility index (Phi) is 4.09. The number of halogens is 1. The number of amides is 1. The number of hydrogen-bond donors (Lipinski definition) is 0. The second kappa shape index (κ2) is 6.87. The topological polar surface area (TPSA) is 69.0 Å². The summed E-state index contributed by atoms with van der Waals surface area (Å²) in [7, 11) is 0. The molecule has 6 rings (SSSR count). The fourth-order valence-electron chi connectivity index (χ4n) is 4.13. The number of fused-ring (bicyclic) bond motifs is 3. The summed E-state index contributed by atoms with van der Waals surface area (Å²) in [5.74, 6) is 1.08. The zero-order valence-electron chi connectivity index (χ0n) is 16.0. The highest BCUT2D eigenvalue weighted by atomic mass is 35.5. The van der Waals surface area contributed by atoms with Gasteiger partial charge in [-0.15, -0.1) is 11.3 Å². The van der Waals surface area contributed by atoms with Crippen molar-refractivity contribution in [3.05, 3.63) is 90.9 Å². The summed E-state index contributed by atoms with van der Waals surface area (Å²) in [6.07, 6.45) is 0. The molecule has 31 heavy (non-hydrogen) atoms. The minimum atomic E-state index is -0.535. The van der Waals surface area contributed by atoms with Crippen molar-refractivity contribution in [3.8, 4) is 11.5 Å². The lowest BCUT2D eigenvalue weighted by Crippen LogP contribution is -2.28. The highest BCUT2D eigenvalue weighted by Gasteiger charge is 2.43. The van der Waals surface area contributed by atoms with Crippen LogP contribution in [0, 0.1) is 0 Å². The Bertz CT molecular complexity index is 1410. The molecule has 2 aliphatic rings. The van der Waals surface area contributed by atoms with Gasteiger partial charge in [-0.1, -0.05) is 23.7 Å². The Labute approximate surface area is 185 Å². The summed E-state index contributed by atoms with van der Waals surface area (Å²) < 4.78 is 16.8. The zero-order valence-corrected chi connectivity index (χ0v) is 17.5. The summed E-state index contributed by atoms with van der Waals surface area (Å²) in [5, 5.41) is 2.73. The molecule has 2 aromatic heterocycles. The summed E-state index contributed by atoms with van der Waals surface area (Å²) in [6.45, 7) is 0.469. The van der Waals surface area contributed by atoms with Gasteiger partial charge in [0.1, 0.15) is 11.6 Å². The van der Waals surface area contributed by atoms with Gasteiger partial charge in [-0.3, -0.25) is 9.59 Å². The molecule has 4 aromatic rings. The maximum Gasteiger partial charge on any atom is 0.291 e. The molecule has 0 saturated heterocycles. The van der Waals surface area contributed by atoms with Gasteiger partial charge in [-0.2, -0.15) is 0 Å². The average Bonchev–Trinajstić information content (AvgIpc) is 3.50. The highest BCUT2D eigenvalue weighted by molar-refractivity contribution is 7.10. The fourth-order valence-corrected chi connectivity index (χ4v) is 5.15. The van der Waals surface area contributed by atoms with E-state index >= 15 is 0 Å². The van der Waals surface area contributed by atoms with Crippen LogP contribution in [0.3, 0.4) is 0 Å². The van der Waals surface area contributed by atoms with E-state index in [2.05, 4.69) is 0 Å². The number of rotatable bonds is 3. The van der Waals surface area contributed by atoms with E-state index in [1.165, 1.54) is 11.3 Å². The van der Waals surface area contributed by atoms with Crippen molar-refractivity contribution in [1.82, 2.24) is 4.90 Å². The monoisotopic (exact) mass is 451 g/mol. The lowest BCUT2D eigenvalue weighted by Gasteiger charge is -2.24. The van der Waals surface area contributed by atoms with E-state index in [0.29, 0.717) is 39.6 Å². The molecule has 8 heteroatoms. The van der Waals surface area contributed by atoms with Crippen molar-refractivity contribution in [2.75, 3.05) is 6.79 Å². The van der Waals surface area contributed by atoms with Crippen LogP contribution in [0.1, 0.15) is 32.6 Å². The number of ether oxygens (including phenoxy) is 2. The maximum atomic E-state index is 13.4. The van der Waals surface area contributed by atoms with Gasteiger partial charge in [0.15, 0.2) is 16.9 Å². The minimum Gasteiger partial charge on any atom is -0.454 e. The second-order valence-electron chi connectivity index (χ2n) is 7.35. The first-order chi connectivity index (χ1) is 15.1. The van der Waals surface area contributed by atoms with Gasteiger partial charge in [0, 0.05) is 16.4 Å². The smallest absolute Gasteiger partial charge is 0.291 e. The third-order valence-corrected chi connectivity index (χ3v) is 6.69. The molecule has 1 amide bonds. The Hall–Kier alpha value is -3.29. The Morgan fingerprint density at radius 3 is 2.77 bits per heavy atom. The molecule has 0 spiro atoms. The first-order valence-corrected chi connectivity index (χ1v) is 10.8. The molecule has 154 valence electrons. The van der Waals surface area contributed by atoms with Gasteiger partial charge in [0.2, 0.25) is 12.6 Å². The normalized spacial score (nSPS) is 16.9. The van der Waals surface area contributed by atoms with E-state index in [0.717, 1.165) is 10.4 Å². The summed E-state index contributed by atoms with van der Waals surface area (Å²) in [6, 6.07) is 13.7. The Morgan fingerprint density at radius 1 is 1.06 bits per heavy atom. The van der Waals surface area contributed by atoms with E-state index in [4.69, 9.17) is 25.5 Å². The van der Waals surface area contributed by atoms with Gasteiger partial charge in [-0.05, 0) is 47.3 Å². The number of carbonyl (C=O) groups excluding carboxylic acids is 1. The van der Waals surface area contributed by atoms with Crippen molar-refractivity contribution in [3.63, 3.8) is 0 Å². The molecular formula is C23H14ClNO5S. The van der Waals surface area contributed by atoms with Crippen molar-refractivity contribution >= 4 is 39.8 Å². The molecule has 0 saturated carbocycles. The third kappa shape index (κ3) is 2.85. The molecule has 1 atom stereocenters. The van der Waals surface area contributed by atoms with E-state index in [1.807, 2.05) is 35.7 Å². The van der Waals surface area contributed by atoms with Crippen molar-refractivity contribution < 1.29 is 18.7 Å². The molecule has 2 aromatic carbocycles. The average molecular weight is 452 g/mol. The second-order valence-corrected chi connectivity index (χ2v) is 8.77. The first-order valence-electron chi connectivity index (χ1n) is 9.59. The predicted molar refractivity (Wildman–Crippen MR) is 116 cm³/mol. The molecule has 1 unspecified atom stereocenters. The Balaban J connectivity index is 1.51. The molecule has 6 nitrogen and oxygen atoms in total. The largest absolute Gasteiger partial charge is 0.454 e. The van der Waals surface area contributed by atoms with Crippen molar-refractivity contribution in [2.45, 2.75) is 12.6 Å². The molecule has 2 aliphatic heterocycles. The number of thiophene rings is 1. The zero-order chi connectivity index (χ0) is 21.1. The van der Waals surface area contributed by atoms with Gasteiger partial charge >= 0.3 is 0 Å². The first kappa shape index (κ1) is 18.5. The van der Waals surface area contributed by atoms with E-state index in [-0.39, 0.29) is 23.9 Å². The van der Waals surface area contributed by atoms with Crippen LogP contribution < -0.4 is 14.9 Å². The SMILES string of the molecule is O=C1c2oc3ccc(Cl)cc3c(=O)c2C(c2cccs2)N1Cc1ccc2c(c1)OCO2. The van der Waals surface area contributed by atoms with Crippen LogP contribution in [0.25, 0.3) is 11.0 Å². The quantitative estimate of drug-likeness (QED) is 0.439. The number of hydrogen-bond acceptors (Lipinski definition) is 6. The van der Waals surface area contributed by atoms with Gasteiger partial charge in [0.05, 0.1) is 10.9 Å². The van der Waals surface area contributed by atoms with E-state index in [9.17, 15) is 9.59 Å². The van der Waals surface area contributed by atoms with Crippen LogP contribution in [0.5, 0.6) is 11.5 Å². The fraction of sp³-hybridized carbons (Fsp3) is 0.130. The molecule has 0 radical (unpaired) electrons. The number of carbonyl (C=O) groups is 1. The predicted octanol–water partition coefficient (Wildman–Crippen LogP) is 4.98. The third-order valence-electron chi connectivity index (χ3n) is 5.53. The van der Waals surface area contributed by atoms with Crippen molar-refractivity contribution in [2.24, 2.45) is 0 Å². The molecule has 0 aliphatic carbocycles. The van der Waals surface area contributed by atoms with E-state index < -0.39 is 6.04 Å². The maximum absolute atomic E-state index is 13.4. The summed E-state index contributed by atoms with van der Waals surface area (Å²) in [5.41, 5.74) is 1.32. The van der Waals surface area contributed by atoms with Crippen LogP contribution in [0.4, 0.5) is 0 Å². The highest BCUT2D eigenvalue weighted by Crippen LogP contribution is 2.41. The number of nitrogens with zero attached hydrogens (tertiary/aromatic N) is 1. The molecule has 0 N–H and O–H groups in total. The lowest BCUT2D eigenvalue weighted by atomic mass is 10.0. The van der Waals surface area contributed by atoms with Gasteiger partial charge < -0.3 is 18.8 Å². The standard InChI is InChI=1S/C23H14ClNO5S/c24-13-4-6-15-14(9-13)21(26)19-20(18-2-1-7-31-18)25(23(27)22(19)30-15)10-12-3-5-16-17(8-12)29-11-28-16/h1-9,20H,10-11H2. The molecular weight excluding hydrogens is 438 g/mol. The van der Waals surface area contributed by atoms with Crippen LogP contribution in [-0.2, 0) is 6.54 Å². The van der Waals surface area contributed by atoms with Gasteiger partial charge in [-0.25, -0.2) is 0 Å². The van der Waals surface area contributed by atoms with Crippen LogP contribution in [0.2, 0.25) is 5.02 Å². The van der Waals surface area contributed by atoms with E-state index in [1.54, 1.807) is 23.1 Å². The van der Waals surface area contributed by atoms with Gasteiger partial charge in [0.25, 0.3) is 5.91 Å². The molecule has 4 heterocycles. The molecule has 0 fully saturated rings. The lowest BCUT2D eigenvalue weighted by molar-refractivity contribution is 0.0716.